The Hall–Kier alpha value is -1.28. The van der Waals surface area contributed by atoms with Gasteiger partial charge in [-0.25, -0.2) is 0 Å². The third-order valence-corrected chi connectivity index (χ3v) is 4.15. The molecule has 2 heteroatoms. The second-order valence-electron chi connectivity index (χ2n) is 5.60. The molecule has 0 saturated carbocycles. The molecule has 2 nitrogen and oxygen atoms in total. The fraction of sp³-hybridized carbons (Fsp3) is 0.556. The highest BCUT2D eigenvalue weighted by atomic mass is 16.3. The summed E-state index contributed by atoms with van der Waals surface area (Å²) < 4.78 is 6.04. The van der Waals surface area contributed by atoms with Crippen LogP contribution in [-0.2, 0) is 13.0 Å². The quantitative estimate of drug-likeness (QED) is 0.717. The van der Waals surface area contributed by atoms with Crippen LogP contribution in [0.15, 0.2) is 22.6 Å². The van der Waals surface area contributed by atoms with Crippen LogP contribution in [0.2, 0.25) is 0 Å². The monoisotopic (exact) mass is 273 g/mol. The minimum absolute atomic E-state index is 0.612. The zero-order chi connectivity index (χ0) is 14.5. The molecule has 0 bridgehead atoms. The molecule has 1 aromatic carbocycles. The molecule has 0 aliphatic heterocycles. The Labute approximate surface area is 122 Å². The number of hydrogen-bond donors (Lipinski definition) is 1. The summed E-state index contributed by atoms with van der Waals surface area (Å²) in [4.78, 5) is 0. The normalized spacial score (nSPS) is 13.0. The molecule has 0 amide bonds. The highest BCUT2D eigenvalue weighted by molar-refractivity contribution is 5.83. The van der Waals surface area contributed by atoms with E-state index in [-0.39, 0.29) is 0 Å². The van der Waals surface area contributed by atoms with Gasteiger partial charge in [0.15, 0.2) is 0 Å². The third-order valence-electron chi connectivity index (χ3n) is 4.15. The molecular weight excluding hydrogens is 246 g/mol. The molecule has 1 atom stereocenters. The van der Waals surface area contributed by atoms with Gasteiger partial charge in [0, 0.05) is 10.9 Å². The van der Waals surface area contributed by atoms with Crippen LogP contribution in [0.4, 0.5) is 0 Å². The number of fused-ring (bicyclic) bond motifs is 1. The van der Waals surface area contributed by atoms with Crippen molar-refractivity contribution < 1.29 is 4.42 Å². The molecule has 2 aromatic rings. The molecule has 0 aliphatic carbocycles. The summed E-state index contributed by atoms with van der Waals surface area (Å²) in [5.41, 5.74) is 3.82. The third kappa shape index (κ3) is 3.06. The summed E-state index contributed by atoms with van der Waals surface area (Å²) in [7, 11) is 0. The van der Waals surface area contributed by atoms with Crippen LogP contribution >= 0.6 is 0 Å². The van der Waals surface area contributed by atoms with E-state index in [1.165, 1.54) is 22.9 Å². The lowest BCUT2D eigenvalue weighted by Gasteiger charge is -2.08. The van der Waals surface area contributed by atoms with Crippen molar-refractivity contribution in [2.24, 2.45) is 0 Å². The van der Waals surface area contributed by atoms with E-state index in [9.17, 15) is 0 Å². The first-order valence-corrected chi connectivity index (χ1v) is 7.96. The number of rotatable bonds is 7. The Morgan fingerprint density at radius 1 is 1.20 bits per heavy atom. The van der Waals surface area contributed by atoms with Crippen LogP contribution in [-0.4, -0.2) is 6.54 Å². The molecule has 0 aliphatic rings. The molecule has 1 heterocycles. The Morgan fingerprint density at radius 2 is 2.00 bits per heavy atom. The first kappa shape index (κ1) is 15.1. The first-order valence-electron chi connectivity index (χ1n) is 7.96. The SMILES string of the molecule is CCCNCc1oc2ccc(C(C)CC)cc2c1CC. The van der Waals surface area contributed by atoms with Gasteiger partial charge in [0.2, 0.25) is 0 Å². The zero-order valence-electron chi connectivity index (χ0n) is 13.3. The number of furan rings is 1. The molecule has 110 valence electrons. The summed E-state index contributed by atoms with van der Waals surface area (Å²) in [6, 6.07) is 6.68. The van der Waals surface area contributed by atoms with Crippen molar-refractivity contribution in [2.45, 2.75) is 59.4 Å². The van der Waals surface area contributed by atoms with E-state index >= 15 is 0 Å². The summed E-state index contributed by atoms with van der Waals surface area (Å²) in [6.07, 6.45) is 3.36. The summed E-state index contributed by atoms with van der Waals surface area (Å²) in [6.45, 7) is 10.8. The maximum atomic E-state index is 6.04. The lowest BCUT2D eigenvalue weighted by atomic mass is 9.96. The second-order valence-corrected chi connectivity index (χ2v) is 5.60. The van der Waals surface area contributed by atoms with Gasteiger partial charge in [-0.15, -0.1) is 0 Å². The molecule has 20 heavy (non-hydrogen) atoms. The van der Waals surface area contributed by atoms with Gasteiger partial charge in [-0.2, -0.15) is 0 Å². The average molecular weight is 273 g/mol. The fourth-order valence-electron chi connectivity index (χ4n) is 2.67. The molecule has 0 fully saturated rings. The fourth-order valence-corrected chi connectivity index (χ4v) is 2.67. The van der Waals surface area contributed by atoms with E-state index in [2.05, 4.69) is 51.2 Å². The Morgan fingerprint density at radius 3 is 2.65 bits per heavy atom. The molecule has 0 radical (unpaired) electrons. The van der Waals surface area contributed by atoms with Crippen molar-refractivity contribution in [2.75, 3.05) is 6.54 Å². The maximum Gasteiger partial charge on any atom is 0.134 e. The van der Waals surface area contributed by atoms with Crippen molar-refractivity contribution in [3.63, 3.8) is 0 Å². The predicted molar refractivity (Wildman–Crippen MR) is 86.3 cm³/mol. The van der Waals surface area contributed by atoms with Crippen molar-refractivity contribution in [1.29, 1.82) is 0 Å². The van der Waals surface area contributed by atoms with Crippen LogP contribution < -0.4 is 5.32 Å². The first-order chi connectivity index (χ1) is 9.71. The topological polar surface area (TPSA) is 25.2 Å². The van der Waals surface area contributed by atoms with E-state index in [4.69, 9.17) is 4.42 Å². The van der Waals surface area contributed by atoms with Crippen LogP contribution in [0.25, 0.3) is 11.0 Å². The van der Waals surface area contributed by atoms with Crippen LogP contribution in [0.3, 0.4) is 0 Å². The zero-order valence-corrected chi connectivity index (χ0v) is 13.3. The van der Waals surface area contributed by atoms with Crippen LogP contribution in [0.5, 0.6) is 0 Å². The molecule has 0 spiro atoms. The van der Waals surface area contributed by atoms with Gasteiger partial charge >= 0.3 is 0 Å². The standard InChI is InChI=1S/C18H27NO/c1-5-10-19-12-18-15(7-3)16-11-14(13(4)6-2)8-9-17(16)20-18/h8-9,11,13,19H,5-7,10,12H2,1-4H3. The maximum absolute atomic E-state index is 6.04. The predicted octanol–water partition coefficient (Wildman–Crippen LogP) is 5.01. The molecule has 1 unspecified atom stereocenters. The molecule has 2 rings (SSSR count). The van der Waals surface area contributed by atoms with Gasteiger partial charge < -0.3 is 9.73 Å². The van der Waals surface area contributed by atoms with E-state index in [0.29, 0.717) is 5.92 Å². The van der Waals surface area contributed by atoms with Gasteiger partial charge in [-0.3, -0.25) is 0 Å². The van der Waals surface area contributed by atoms with E-state index in [1.54, 1.807) is 0 Å². The van der Waals surface area contributed by atoms with Crippen molar-refractivity contribution in [1.82, 2.24) is 5.32 Å². The molecule has 1 aromatic heterocycles. The summed E-state index contributed by atoms with van der Waals surface area (Å²) in [5.74, 6) is 1.72. The summed E-state index contributed by atoms with van der Waals surface area (Å²) >= 11 is 0. The van der Waals surface area contributed by atoms with Crippen molar-refractivity contribution >= 4 is 11.0 Å². The van der Waals surface area contributed by atoms with Gasteiger partial charge in [0.25, 0.3) is 0 Å². The number of hydrogen-bond acceptors (Lipinski definition) is 2. The van der Waals surface area contributed by atoms with Gasteiger partial charge in [-0.1, -0.05) is 33.8 Å². The smallest absolute Gasteiger partial charge is 0.134 e. The van der Waals surface area contributed by atoms with E-state index in [0.717, 1.165) is 37.3 Å². The molecule has 1 N–H and O–H groups in total. The van der Waals surface area contributed by atoms with Gasteiger partial charge in [0.1, 0.15) is 11.3 Å². The van der Waals surface area contributed by atoms with E-state index < -0.39 is 0 Å². The highest BCUT2D eigenvalue weighted by Gasteiger charge is 2.14. The molecule has 0 saturated heterocycles. The lowest BCUT2D eigenvalue weighted by Crippen LogP contribution is -2.14. The number of aryl methyl sites for hydroxylation is 1. The van der Waals surface area contributed by atoms with Crippen molar-refractivity contribution in [3.05, 3.63) is 35.1 Å². The minimum atomic E-state index is 0.612. The van der Waals surface area contributed by atoms with Gasteiger partial charge in [-0.05, 0) is 49.4 Å². The summed E-state index contributed by atoms with van der Waals surface area (Å²) in [5, 5.41) is 4.75. The van der Waals surface area contributed by atoms with Crippen LogP contribution in [0, 0.1) is 0 Å². The second kappa shape index (κ2) is 6.94. The minimum Gasteiger partial charge on any atom is -0.459 e. The Bertz CT molecular complexity index is 556. The lowest BCUT2D eigenvalue weighted by molar-refractivity contribution is 0.508. The highest BCUT2D eigenvalue weighted by Crippen LogP contribution is 2.30. The number of benzene rings is 1. The van der Waals surface area contributed by atoms with E-state index in [1.807, 2.05) is 0 Å². The largest absolute Gasteiger partial charge is 0.459 e. The Kier molecular flexibility index (Phi) is 5.24. The number of nitrogens with one attached hydrogen (secondary N) is 1. The average Bonchev–Trinajstić information content (AvgIpc) is 2.83. The van der Waals surface area contributed by atoms with Crippen molar-refractivity contribution in [3.8, 4) is 0 Å². The van der Waals surface area contributed by atoms with Gasteiger partial charge in [0.05, 0.1) is 6.54 Å². The Balaban J connectivity index is 2.36. The molecular formula is C18H27NO. The van der Waals surface area contributed by atoms with Crippen LogP contribution in [0.1, 0.15) is 63.3 Å².